The molecular formula is C27H18FNO. The number of para-hydroxylation sites is 1. The average Bonchev–Trinajstić information content (AvgIpc) is 2.79. The number of ketones is 1. The fourth-order valence-corrected chi connectivity index (χ4v) is 3.92. The third-order valence-electron chi connectivity index (χ3n) is 5.41. The summed E-state index contributed by atoms with van der Waals surface area (Å²) in [4.78, 5) is 18.0. The fraction of sp³-hybridized carbons (Fsp3) is 0.0370. The van der Waals surface area contributed by atoms with Crippen molar-refractivity contribution < 1.29 is 9.18 Å². The Morgan fingerprint density at radius 3 is 2.27 bits per heavy atom. The van der Waals surface area contributed by atoms with Gasteiger partial charge in [0, 0.05) is 27.5 Å². The normalized spacial score (nSPS) is 11.1. The summed E-state index contributed by atoms with van der Waals surface area (Å²) in [6.45, 7) is 1.98. The Bertz CT molecular complexity index is 1410. The maximum Gasteiger partial charge on any atom is 0.193 e. The molecule has 1 aromatic heterocycles. The third kappa shape index (κ3) is 2.96. The number of hydrogen-bond acceptors (Lipinski definition) is 2. The number of carbonyl (C=O) groups excluding carboxylic acids is 1. The molecule has 0 fully saturated rings. The molecule has 2 nitrogen and oxygen atoms in total. The van der Waals surface area contributed by atoms with Gasteiger partial charge in [-0.25, -0.2) is 9.37 Å². The van der Waals surface area contributed by atoms with E-state index in [-0.39, 0.29) is 11.3 Å². The summed E-state index contributed by atoms with van der Waals surface area (Å²) in [7, 11) is 0. The van der Waals surface area contributed by atoms with Gasteiger partial charge in [-0.3, -0.25) is 4.79 Å². The van der Waals surface area contributed by atoms with Crippen molar-refractivity contribution in [3.05, 3.63) is 114 Å². The summed E-state index contributed by atoms with van der Waals surface area (Å²) in [5.41, 5.74) is 4.75. The van der Waals surface area contributed by atoms with Gasteiger partial charge in [-0.2, -0.15) is 0 Å². The van der Waals surface area contributed by atoms with Gasteiger partial charge in [0.15, 0.2) is 5.78 Å². The van der Waals surface area contributed by atoms with Crippen molar-refractivity contribution in [2.24, 2.45) is 0 Å². The van der Waals surface area contributed by atoms with Crippen LogP contribution < -0.4 is 0 Å². The number of aryl methyl sites for hydroxylation is 1. The lowest BCUT2D eigenvalue weighted by molar-refractivity contribution is 0.104. The van der Waals surface area contributed by atoms with Gasteiger partial charge < -0.3 is 0 Å². The zero-order valence-electron chi connectivity index (χ0n) is 16.4. The zero-order valence-corrected chi connectivity index (χ0v) is 16.4. The van der Waals surface area contributed by atoms with Gasteiger partial charge in [-0.05, 0) is 30.7 Å². The lowest BCUT2D eigenvalue weighted by Crippen LogP contribution is -2.05. The standard InChI is InChI=1S/C27H18FNO/c1-17-11-13-19(14-12-17)27(30)21-15-16-22(28)26-25(21)24(18-7-3-2-4-8-18)20-9-5-6-10-23(20)29-26/h2-16H,1H3. The van der Waals surface area contributed by atoms with Crippen molar-refractivity contribution in [3.63, 3.8) is 0 Å². The van der Waals surface area contributed by atoms with Crippen LogP contribution in [0.4, 0.5) is 4.39 Å². The van der Waals surface area contributed by atoms with Gasteiger partial charge >= 0.3 is 0 Å². The van der Waals surface area contributed by atoms with Crippen molar-refractivity contribution in [1.29, 1.82) is 0 Å². The van der Waals surface area contributed by atoms with Crippen LogP contribution in [0.1, 0.15) is 21.5 Å². The maximum absolute atomic E-state index is 14.9. The largest absolute Gasteiger partial charge is 0.289 e. The van der Waals surface area contributed by atoms with Crippen molar-refractivity contribution in [2.45, 2.75) is 6.92 Å². The number of benzene rings is 4. The minimum atomic E-state index is -0.437. The van der Waals surface area contributed by atoms with Crippen LogP contribution in [-0.2, 0) is 0 Å². The van der Waals surface area contributed by atoms with E-state index in [9.17, 15) is 9.18 Å². The Kier molecular flexibility index (Phi) is 4.36. The second-order valence-corrected chi connectivity index (χ2v) is 7.38. The molecule has 0 saturated heterocycles. The quantitative estimate of drug-likeness (QED) is 0.252. The van der Waals surface area contributed by atoms with Gasteiger partial charge in [0.25, 0.3) is 0 Å². The van der Waals surface area contributed by atoms with E-state index < -0.39 is 5.82 Å². The molecule has 5 rings (SSSR count). The first-order chi connectivity index (χ1) is 14.6. The second-order valence-electron chi connectivity index (χ2n) is 7.38. The highest BCUT2D eigenvalue weighted by atomic mass is 19.1. The van der Waals surface area contributed by atoms with Crippen molar-refractivity contribution in [2.75, 3.05) is 0 Å². The number of nitrogens with zero attached hydrogens (tertiary/aromatic N) is 1. The Morgan fingerprint density at radius 1 is 0.800 bits per heavy atom. The fourth-order valence-electron chi connectivity index (χ4n) is 3.92. The molecule has 0 saturated carbocycles. The molecule has 0 aliphatic rings. The summed E-state index contributed by atoms with van der Waals surface area (Å²) in [6.07, 6.45) is 0. The van der Waals surface area contributed by atoms with Crippen molar-refractivity contribution >= 4 is 27.6 Å². The minimum Gasteiger partial charge on any atom is -0.289 e. The number of fused-ring (bicyclic) bond motifs is 2. The topological polar surface area (TPSA) is 30.0 Å². The van der Waals surface area contributed by atoms with Crippen LogP contribution in [0.25, 0.3) is 32.9 Å². The van der Waals surface area contributed by atoms with Gasteiger partial charge in [-0.15, -0.1) is 0 Å². The monoisotopic (exact) mass is 391 g/mol. The van der Waals surface area contributed by atoms with E-state index in [1.54, 1.807) is 6.07 Å². The summed E-state index contributed by atoms with van der Waals surface area (Å²) in [5.74, 6) is -0.581. The molecule has 1 heterocycles. The SMILES string of the molecule is Cc1ccc(C(=O)c2ccc(F)c3nc4ccccc4c(-c4ccccc4)c23)cc1. The highest BCUT2D eigenvalue weighted by molar-refractivity contribution is 6.22. The molecule has 30 heavy (non-hydrogen) atoms. The summed E-state index contributed by atoms with van der Waals surface area (Å²) < 4.78 is 14.9. The molecule has 0 atom stereocenters. The van der Waals surface area contributed by atoms with Gasteiger partial charge in [0.1, 0.15) is 11.3 Å². The average molecular weight is 391 g/mol. The van der Waals surface area contributed by atoms with E-state index in [0.29, 0.717) is 22.0 Å². The van der Waals surface area contributed by atoms with E-state index in [2.05, 4.69) is 4.98 Å². The van der Waals surface area contributed by atoms with E-state index in [1.807, 2.05) is 85.8 Å². The molecule has 0 aliphatic carbocycles. The second kappa shape index (κ2) is 7.20. The van der Waals surface area contributed by atoms with Gasteiger partial charge in [0.05, 0.1) is 5.52 Å². The molecule has 0 spiro atoms. The molecule has 0 amide bonds. The van der Waals surface area contributed by atoms with E-state index in [0.717, 1.165) is 22.1 Å². The maximum atomic E-state index is 14.9. The number of pyridine rings is 1. The van der Waals surface area contributed by atoms with E-state index in [1.165, 1.54) is 6.07 Å². The molecule has 0 radical (unpaired) electrons. The number of carbonyl (C=O) groups is 1. The summed E-state index contributed by atoms with van der Waals surface area (Å²) in [5, 5.41) is 1.44. The molecule has 4 aromatic carbocycles. The smallest absolute Gasteiger partial charge is 0.193 e. The number of hydrogen-bond donors (Lipinski definition) is 0. The number of aromatic nitrogens is 1. The lowest BCUT2D eigenvalue weighted by Gasteiger charge is -2.15. The van der Waals surface area contributed by atoms with Crippen LogP contribution in [0.15, 0.2) is 91.0 Å². The van der Waals surface area contributed by atoms with Crippen LogP contribution in [-0.4, -0.2) is 10.8 Å². The minimum absolute atomic E-state index is 0.144. The molecule has 3 heteroatoms. The van der Waals surface area contributed by atoms with Crippen LogP contribution in [0, 0.1) is 12.7 Å². The molecule has 0 aliphatic heterocycles. The Balaban J connectivity index is 1.92. The third-order valence-corrected chi connectivity index (χ3v) is 5.41. The van der Waals surface area contributed by atoms with Crippen LogP contribution >= 0.6 is 0 Å². The van der Waals surface area contributed by atoms with Gasteiger partial charge in [0.2, 0.25) is 0 Å². The van der Waals surface area contributed by atoms with E-state index >= 15 is 0 Å². The van der Waals surface area contributed by atoms with Crippen LogP contribution in [0.2, 0.25) is 0 Å². The first-order valence-electron chi connectivity index (χ1n) is 9.81. The predicted molar refractivity (Wildman–Crippen MR) is 119 cm³/mol. The lowest BCUT2D eigenvalue weighted by atomic mass is 9.90. The molecule has 0 N–H and O–H groups in total. The highest BCUT2D eigenvalue weighted by Crippen LogP contribution is 2.38. The molecule has 144 valence electrons. The predicted octanol–water partition coefficient (Wildman–Crippen LogP) is 6.73. The van der Waals surface area contributed by atoms with Crippen LogP contribution in [0.5, 0.6) is 0 Å². The molecular weight excluding hydrogens is 373 g/mol. The first kappa shape index (κ1) is 18.2. The molecule has 0 bridgehead atoms. The zero-order chi connectivity index (χ0) is 20.7. The van der Waals surface area contributed by atoms with Crippen molar-refractivity contribution in [3.8, 4) is 11.1 Å². The van der Waals surface area contributed by atoms with Crippen molar-refractivity contribution in [1.82, 2.24) is 4.98 Å². The Morgan fingerprint density at radius 2 is 1.50 bits per heavy atom. The Labute approximate surface area is 173 Å². The van der Waals surface area contributed by atoms with Gasteiger partial charge in [-0.1, -0.05) is 78.4 Å². The van der Waals surface area contributed by atoms with Crippen LogP contribution in [0.3, 0.4) is 0 Å². The first-order valence-corrected chi connectivity index (χ1v) is 9.81. The number of halogens is 1. The van der Waals surface area contributed by atoms with E-state index in [4.69, 9.17) is 0 Å². The summed E-state index contributed by atoms with van der Waals surface area (Å²) in [6, 6.07) is 27.8. The summed E-state index contributed by atoms with van der Waals surface area (Å²) >= 11 is 0. The Hall–Kier alpha value is -3.85. The number of rotatable bonds is 3. The molecule has 5 aromatic rings. The molecule has 0 unspecified atom stereocenters. The highest BCUT2D eigenvalue weighted by Gasteiger charge is 2.21.